The van der Waals surface area contributed by atoms with Crippen molar-refractivity contribution in [1.82, 2.24) is 10.6 Å². The van der Waals surface area contributed by atoms with E-state index in [9.17, 15) is 0 Å². The summed E-state index contributed by atoms with van der Waals surface area (Å²) in [5.41, 5.74) is 0. The summed E-state index contributed by atoms with van der Waals surface area (Å²) in [7, 11) is 0. The fourth-order valence-corrected chi connectivity index (χ4v) is 1.59. The maximum atomic E-state index is 3.65. The second kappa shape index (κ2) is 7.10. The lowest BCUT2D eigenvalue weighted by Gasteiger charge is -2.25. The Bertz CT molecular complexity index is 130. The summed E-state index contributed by atoms with van der Waals surface area (Å²) < 4.78 is 0. The van der Waals surface area contributed by atoms with Crippen molar-refractivity contribution >= 4 is 0 Å². The summed E-state index contributed by atoms with van der Waals surface area (Å²) in [4.78, 5) is 0. The molecule has 0 atom stereocenters. The maximum Gasteiger partial charge on any atom is 0.0132 e. The van der Waals surface area contributed by atoms with E-state index < -0.39 is 0 Å². The van der Waals surface area contributed by atoms with E-state index >= 15 is 0 Å². The second-order valence-corrected chi connectivity index (χ2v) is 3.83. The Morgan fingerprint density at radius 1 is 1.15 bits per heavy atom. The first-order valence-corrected chi connectivity index (χ1v) is 5.46. The van der Waals surface area contributed by atoms with Crippen LogP contribution in [0.2, 0.25) is 0 Å². The number of nitrogens with one attached hydrogen (secondary N) is 2. The molecule has 0 aromatic rings. The van der Waals surface area contributed by atoms with Gasteiger partial charge in [0.1, 0.15) is 0 Å². The van der Waals surface area contributed by atoms with Crippen molar-refractivity contribution in [2.24, 2.45) is 5.92 Å². The Labute approximate surface area is 81.8 Å². The predicted molar refractivity (Wildman–Crippen MR) is 57.9 cm³/mol. The number of hydrogen-bond acceptors (Lipinski definition) is 2. The highest BCUT2D eigenvalue weighted by atomic mass is 14.9. The van der Waals surface area contributed by atoms with Gasteiger partial charge in [-0.15, -0.1) is 6.58 Å². The van der Waals surface area contributed by atoms with Crippen LogP contribution in [0.15, 0.2) is 12.7 Å². The van der Waals surface area contributed by atoms with Crippen LogP contribution in [0.1, 0.15) is 25.7 Å². The van der Waals surface area contributed by atoms with Crippen molar-refractivity contribution in [3.05, 3.63) is 12.7 Å². The van der Waals surface area contributed by atoms with E-state index in [1.807, 2.05) is 6.08 Å². The Morgan fingerprint density at radius 3 is 2.54 bits per heavy atom. The molecule has 0 aromatic carbocycles. The average Bonchev–Trinajstić information content (AvgIpc) is 2.07. The molecule has 1 saturated carbocycles. The van der Waals surface area contributed by atoms with Gasteiger partial charge in [-0.05, 0) is 18.9 Å². The van der Waals surface area contributed by atoms with Crippen LogP contribution in [0.3, 0.4) is 0 Å². The van der Waals surface area contributed by atoms with Crippen molar-refractivity contribution < 1.29 is 0 Å². The van der Waals surface area contributed by atoms with E-state index in [0.717, 1.165) is 25.6 Å². The minimum Gasteiger partial charge on any atom is -0.315 e. The number of rotatable bonds is 8. The molecule has 13 heavy (non-hydrogen) atoms. The minimum absolute atomic E-state index is 0.921. The largest absolute Gasteiger partial charge is 0.315 e. The molecule has 0 radical (unpaired) electrons. The van der Waals surface area contributed by atoms with E-state index in [4.69, 9.17) is 0 Å². The van der Waals surface area contributed by atoms with Gasteiger partial charge in [0, 0.05) is 19.6 Å². The van der Waals surface area contributed by atoms with Crippen molar-refractivity contribution in [1.29, 1.82) is 0 Å². The van der Waals surface area contributed by atoms with Crippen LogP contribution in [-0.4, -0.2) is 26.2 Å². The first-order chi connectivity index (χ1) is 6.43. The third-order valence-electron chi connectivity index (χ3n) is 2.72. The van der Waals surface area contributed by atoms with Crippen molar-refractivity contribution in [2.45, 2.75) is 25.7 Å². The quantitative estimate of drug-likeness (QED) is 0.439. The standard InChI is InChI=1S/C11H22N2/c1-2-7-12-9-10-13-8-6-11-4-3-5-11/h2,11-13H,1,3-10H2. The second-order valence-electron chi connectivity index (χ2n) is 3.83. The molecule has 2 heteroatoms. The Kier molecular flexibility index (Phi) is 5.87. The normalized spacial score (nSPS) is 16.9. The summed E-state index contributed by atoms with van der Waals surface area (Å²) in [5.74, 6) is 1.04. The topological polar surface area (TPSA) is 24.1 Å². The van der Waals surface area contributed by atoms with Crippen LogP contribution < -0.4 is 10.6 Å². The molecule has 0 unspecified atom stereocenters. The summed E-state index contributed by atoms with van der Waals surface area (Å²) in [6.45, 7) is 7.91. The molecule has 0 heterocycles. The Morgan fingerprint density at radius 2 is 1.92 bits per heavy atom. The van der Waals surface area contributed by atoms with Crippen LogP contribution in [0, 0.1) is 5.92 Å². The highest BCUT2D eigenvalue weighted by Crippen LogP contribution is 2.28. The monoisotopic (exact) mass is 182 g/mol. The van der Waals surface area contributed by atoms with Gasteiger partial charge in [0.15, 0.2) is 0 Å². The van der Waals surface area contributed by atoms with Crippen molar-refractivity contribution in [2.75, 3.05) is 26.2 Å². The SMILES string of the molecule is C=CCNCCNCCC1CCC1. The van der Waals surface area contributed by atoms with Crippen LogP contribution in [0.5, 0.6) is 0 Å². The van der Waals surface area contributed by atoms with Gasteiger partial charge in [0.05, 0.1) is 0 Å². The third-order valence-corrected chi connectivity index (χ3v) is 2.72. The molecule has 0 amide bonds. The van der Waals surface area contributed by atoms with Crippen LogP contribution in [0.4, 0.5) is 0 Å². The molecule has 0 aromatic heterocycles. The van der Waals surface area contributed by atoms with Gasteiger partial charge in [-0.2, -0.15) is 0 Å². The van der Waals surface area contributed by atoms with E-state index in [-0.39, 0.29) is 0 Å². The van der Waals surface area contributed by atoms with Gasteiger partial charge in [-0.25, -0.2) is 0 Å². The van der Waals surface area contributed by atoms with Crippen LogP contribution in [-0.2, 0) is 0 Å². The highest BCUT2D eigenvalue weighted by molar-refractivity contribution is 4.71. The lowest BCUT2D eigenvalue weighted by atomic mass is 9.83. The van der Waals surface area contributed by atoms with Crippen molar-refractivity contribution in [3.63, 3.8) is 0 Å². The van der Waals surface area contributed by atoms with Gasteiger partial charge in [-0.1, -0.05) is 25.3 Å². The molecule has 1 aliphatic rings. The summed E-state index contributed by atoms with van der Waals surface area (Å²) >= 11 is 0. The van der Waals surface area contributed by atoms with Crippen molar-refractivity contribution in [3.8, 4) is 0 Å². The molecule has 1 fully saturated rings. The van der Waals surface area contributed by atoms with Crippen LogP contribution >= 0.6 is 0 Å². The fraction of sp³-hybridized carbons (Fsp3) is 0.818. The molecular formula is C11H22N2. The number of hydrogen-bond donors (Lipinski definition) is 2. The zero-order valence-electron chi connectivity index (χ0n) is 8.52. The predicted octanol–water partition coefficient (Wildman–Crippen LogP) is 1.54. The average molecular weight is 182 g/mol. The van der Waals surface area contributed by atoms with E-state index in [2.05, 4.69) is 17.2 Å². The Hall–Kier alpha value is -0.340. The molecule has 0 saturated heterocycles. The summed E-state index contributed by atoms with van der Waals surface area (Å²) in [6.07, 6.45) is 7.67. The molecule has 76 valence electrons. The van der Waals surface area contributed by atoms with Gasteiger partial charge in [0.25, 0.3) is 0 Å². The van der Waals surface area contributed by atoms with Gasteiger partial charge >= 0.3 is 0 Å². The van der Waals surface area contributed by atoms with Gasteiger partial charge < -0.3 is 10.6 Å². The lowest BCUT2D eigenvalue weighted by Crippen LogP contribution is -2.29. The molecule has 1 rings (SSSR count). The minimum atomic E-state index is 0.921. The zero-order valence-corrected chi connectivity index (χ0v) is 8.52. The Balaban J connectivity index is 1.70. The molecule has 2 nitrogen and oxygen atoms in total. The maximum absolute atomic E-state index is 3.65. The molecule has 2 N–H and O–H groups in total. The van der Waals surface area contributed by atoms with E-state index in [1.54, 1.807) is 0 Å². The summed E-state index contributed by atoms with van der Waals surface area (Å²) in [5, 5.41) is 6.72. The molecule has 1 aliphatic carbocycles. The first-order valence-electron chi connectivity index (χ1n) is 5.46. The van der Waals surface area contributed by atoms with E-state index in [1.165, 1.54) is 32.2 Å². The fourth-order valence-electron chi connectivity index (χ4n) is 1.59. The molecule has 0 bridgehead atoms. The summed E-state index contributed by atoms with van der Waals surface area (Å²) in [6, 6.07) is 0. The van der Waals surface area contributed by atoms with E-state index in [0.29, 0.717) is 0 Å². The third kappa shape index (κ3) is 5.06. The van der Waals surface area contributed by atoms with Gasteiger partial charge in [0.2, 0.25) is 0 Å². The first kappa shape index (κ1) is 10.7. The lowest BCUT2D eigenvalue weighted by molar-refractivity contribution is 0.292. The zero-order chi connectivity index (χ0) is 9.36. The van der Waals surface area contributed by atoms with Gasteiger partial charge in [-0.3, -0.25) is 0 Å². The molecular weight excluding hydrogens is 160 g/mol. The molecule has 0 aliphatic heterocycles. The molecule has 0 spiro atoms. The van der Waals surface area contributed by atoms with Crippen LogP contribution in [0.25, 0.3) is 0 Å². The highest BCUT2D eigenvalue weighted by Gasteiger charge is 2.15. The smallest absolute Gasteiger partial charge is 0.0132 e.